The molecule has 0 radical (unpaired) electrons. The molecule has 0 bridgehead atoms. The minimum atomic E-state index is -0.694. The Hall–Kier alpha value is -1.55. The Morgan fingerprint density at radius 3 is 2.67 bits per heavy atom. The van der Waals surface area contributed by atoms with Crippen molar-refractivity contribution in [2.45, 2.75) is 51.0 Å². The van der Waals surface area contributed by atoms with E-state index in [9.17, 15) is 4.79 Å². The zero-order valence-corrected chi connectivity index (χ0v) is 12.4. The van der Waals surface area contributed by atoms with Gasteiger partial charge in [0.05, 0.1) is 6.61 Å². The van der Waals surface area contributed by atoms with E-state index in [1.165, 1.54) is 5.56 Å². The van der Waals surface area contributed by atoms with Crippen LogP contribution in [0.4, 0.5) is 0 Å². The van der Waals surface area contributed by atoms with Crippen LogP contribution in [0.15, 0.2) is 24.3 Å². The molecule has 1 aromatic carbocycles. The van der Waals surface area contributed by atoms with Crippen LogP contribution in [0.1, 0.15) is 44.1 Å². The van der Waals surface area contributed by atoms with Gasteiger partial charge >= 0.3 is 5.97 Å². The van der Waals surface area contributed by atoms with Gasteiger partial charge in [-0.05, 0) is 30.9 Å². The highest BCUT2D eigenvalue weighted by molar-refractivity contribution is 5.66. The molecule has 1 atom stereocenters. The minimum absolute atomic E-state index is 0.285. The molecule has 21 heavy (non-hydrogen) atoms. The van der Waals surface area contributed by atoms with Gasteiger partial charge in [-0.25, -0.2) is 0 Å². The molecule has 1 fully saturated rings. The largest absolute Gasteiger partial charge is 0.491 e. The zero-order chi connectivity index (χ0) is 14.9. The fourth-order valence-electron chi connectivity index (χ4n) is 2.32. The number of aryl methyl sites for hydroxylation is 1. The molecule has 0 spiro atoms. The molecule has 0 saturated carbocycles. The summed E-state index contributed by atoms with van der Waals surface area (Å²) in [5.74, 6) is 0.277. The number of benzene rings is 1. The maximum atomic E-state index is 10.4. The molecule has 1 heterocycles. The first-order valence-corrected chi connectivity index (χ1v) is 7.80. The smallest absolute Gasteiger partial charge is 0.303 e. The van der Waals surface area contributed by atoms with Crippen LogP contribution in [0.25, 0.3) is 0 Å². The summed E-state index contributed by atoms with van der Waals surface area (Å²) in [6.45, 7) is 1.46. The van der Waals surface area contributed by atoms with Gasteiger partial charge in [0, 0.05) is 6.42 Å². The van der Waals surface area contributed by atoms with Gasteiger partial charge in [0.1, 0.15) is 18.5 Å². The summed E-state index contributed by atoms with van der Waals surface area (Å²) in [4.78, 5) is 10.4. The lowest BCUT2D eigenvalue weighted by atomic mass is 10.0. The van der Waals surface area contributed by atoms with Crippen LogP contribution >= 0.6 is 0 Å². The Kier molecular flexibility index (Phi) is 6.54. The van der Waals surface area contributed by atoms with E-state index in [0.717, 1.165) is 50.9 Å². The number of epoxide rings is 1. The molecule has 0 aliphatic carbocycles. The monoisotopic (exact) mass is 292 g/mol. The average Bonchev–Trinajstić information content (AvgIpc) is 3.29. The number of unbranched alkanes of at least 4 members (excludes halogenated alkanes) is 4. The van der Waals surface area contributed by atoms with Crippen LogP contribution in [0, 0.1) is 0 Å². The first kappa shape index (κ1) is 15.8. The lowest BCUT2D eigenvalue weighted by molar-refractivity contribution is -0.137. The average molecular weight is 292 g/mol. The van der Waals surface area contributed by atoms with Crippen molar-refractivity contribution in [2.75, 3.05) is 13.2 Å². The van der Waals surface area contributed by atoms with Gasteiger partial charge in [-0.1, -0.05) is 37.5 Å². The summed E-state index contributed by atoms with van der Waals surface area (Å²) in [6, 6.07) is 8.18. The Balaban J connectivity index is 1.61. The van der Waals surface area contributed by atoms with Crippen LogP contribution in [0.5, 0.6) is 5.75 Å². The van der Waals surface area contributed by atoms with E-state index >= 15 is 0 Å². The van der Waals surface area contributed by atoms with Crippen LogP contribution in [-0.2, 0) is 16.0 Å². The minimum Gasteiger partial charge on any atom is -0.491 e. The molecule has 1 aromatic rings. The number of hydrogen-bond donors (Lipinski definition) is 1. The standard InChI is InChI=1S/C17H24O4/c18-17(19)11-5-3-1-2-4-8-14-9-6-7-10-16(14)21-13-15-12-20-15/h6-7,9-10,15H,1-5,8,11-13H2,(H,18,19). The van der Waals surface area contributed by atoms with Crippen molar-refractivity contribution in [3.05, 3.63) is 29.8 Å². The molecular formula is C17H24O4. The van der Waals surface area contributed by atoms with E-state index in [1.807, 2.05) is 18.2 Å². The fourth-order valence-corrected chi connectivity index (χ4v) is 2.32. The topological polar surface area (TPSA) is 59.1 Å². The second-order valence-corrected chi connectivity index (χ2v) is 5.54. The Labute approximate surface area is 126 Å². The van der Waals surface area contributed by atoms with Gasteiger partial charge in [0.25, 0.3) is 0 Å². The molecule has 1 aliphatic rings. The van der Waals surface area contributed by atoms with Crippen molar-refractivity contribution in [1.82, 2.24) is 0 Å². The summed E-state index contributed by atoms with van der Waals surface area (Å²) >= 11 is 0. The van der Waals surface area contributed by atoms with E-state index in [-0.39, 0.29) is 6.10 Å². The highest BCUT2D eigenvalue weighted by Gasteiger charge is 2.23. The number of rotatable bonds is 11. The second kappa shape index (κ2) is 8.67. The van der Waals surface area contributed by atoms with Crippen LogP contribution in [0.2, 0.25) is 0 Å². The van der Waals surface area contributed by atoms with Crippen molar-refractivity contribution in [3.8, 4) is 5.75 Å². The molecule has 4 nitrogen and oxygen atoms in total. The number of aliphatic carboxylic acids is 1. The summed E-state index contributed by atoms with van der Waals surface area (Å²) in [5, 5.41) is 8.57. The van der Waals surface area contributed by atoms with Crippen molar-refractivity contribution < 1.29 is 19.4 Å². The molecule has 1 N–H and O–H groups in total. The van der Waals surface area contributed by atoms with Gasteiger partial charge in [-0.2, -0.15) is 0 Å². The number of hydrogen-bond acceptors (Lipinski definition) is 3. The molecule has 2 rings (SSSR count). The third-order valence-corrected chi connectivity index (χ3v) is 3.64. The van der Waals surface area contributed by atoms with Crippen LogP contribution < -0.4 is 4.74 Å². The van der Waals surface area contributed by atoms with Crippen LogP contribution in [-0.4, -0.2) is 30.4 Å². The maximum Gasteiger partial charge on any atom is 0.303 e. The molecule has 1 unspecified atom stereocenters. The lowest BCUT2D eigenvalue weighted by Gasteiger charge is -2.10. The Bertz CT molecular complexity index is 440. The van der Waals surface area contributed by atoms with Crippen molar-refractivity contribution in [2.24, 2.45) is 0 Å². The van der Waals surface area contributed by atoms with Crippen LogP contribution in [0.3, 0.4) is 0 Å². The summed E-state index contributed by atoms with van der Waals surface area (Å²) in [6.07, 6.45) is 6.74. The lowest BCUT2D eigenvalue weighted by Crippen LogP contribution is -2.05. The molecule has 0 amide bonds. The third kappa shape index (κ3) is 6.63. The maximum absolute atomic E-state index is 10.4. The van der Waals surface area contributed by atoms with E-state index in [4.69, 9.17) is 14.6 Å². The summed E-state index contributed by atoms with van der Waals surface area (Å²) in [5.41, 5.74) is 1.25. The van der Waals surface area contributed by atoms with Crippen molar-refractivity contribution in [1.29, 1.82) is 0 Å². The molecule has 1 aliphatic heterocycles. The highest BCUT2D eigenvalue weighted by atomic mass is 16.6. The summed E-state index contributed by atoms with van der Waals surface area (Å²) < 4.78 is 10.9. The number of carboxylic acid groups (broad SMARTS) is 1. The van der Waals surface area contributed by atoms with Gasteiger partial charge < -0.3 is 14.6 Å². The second-order valence-electron chi connectivity index (χ2n) is 5.54. The predicted octanol–water partition coefficient (Wildman–Crippen LogP) is 3.43. The highest BCUT2D eigenvalue weighted by Crippen LogP contribution is 2.22. The molecule has 1 saturated heterocycles. The van der Waals surface area contributed by atoms with Crippen molar-refractivity contribution in [3.63, 3.8) is 0 Å². The Morgan fingerprint density at radius 1 is 1.19 bits per heavy atom. The quantitative estimate of drug-likeness (QED) is 0.501. The van der Waals surface area contributed by atoms with Crippen molar-refractivity contribution >= 4 is 5.97 Å². The Morgan fingerprint density at radius 2 is 1.90 bits per heavy atom. The first-order valence-electron chi connectivity index (χ1n) is 7.80. The van der Waals surface area contributed by atoms with Gasteiger partial charge in [-0.3, -0.25) is 4.79 Å². The van der Waals surface area contributed by atoms with E-state index < -0.39 is 5.97 Å². The number of carboxylic acids is 1. The van der Waals surface area contributed by atoms with E-state index in [2.05, 4.69) is 6.07 Å². The molecular weight excluding hydrogens is 268 g/mol. The van der Waals surface area contributed by atoms with Gasteiger partial charge in [0.15, 0.2) is 0 Å². The number of ether oxygens (including phenoxy) is 2. The summed E-state index contributed by atoms with van der Waals surface area (Å²) in [7, 11) is 0. The number of carbonyl (C=O) groups is 1. The predicted molar refractivity (Wildman–Crippen MR) is 80.7 cm³/mol. The van der Waals surface area contributed by atoms with E-state index in [1.54, 1.807) is 0 Å². The normalized spacial score (nSPS) is 16.7. The van der Waals surface area contributed by atoms with Gasteiger partial charge in [-0.15, -0.1) is 0 Å². The van der Waals surface area contributed by atoms with Gasteiger partial charge in [0.2, 0.25) is 0 Å². The molecule has 116 valence electrons. The zero-order valence-electron chi connectivity index (χ0n) is 12.4. The fraction of sp³-hybridized carbons (Fsp3) is 0.588. The molecule has 4 heteroatoms. The first-order chi connectivity index (χ1) is 10.3. The van der Waals surface area contributed by atoms with E-state index in [0.29, 0.717) is 13.0 Å². The SMILES string of the molecule is O=C(O)CCCCCCCc1ccccc1OCC1CO1. The number of para-hydroxylation sites is 1. The third-order valence-electron chi connectivity index (χ3n) is 3.64. The molecule has 0 aromatic heterocycles.